The lowest BCUT2D eigenvalue weighted by molar-refractivity contribution is 0.428. The van der Waals surface area contributed by atoms with Crippen molar-refractivity contribution in [2.24, 2.45) is 0 Å². The molecule has 0 fully saturated rings. The fraction of sp³-hybridized carbons (Fsp3) is 0.0769. The molecule has 0 amide bonds. The minimum Gasteiger partial charge on any atom is -0.505 e. The smallest absolute Gasteiger partial charge is 0.165 e. The highest BCUT2D eigenvalue weighted by atomic mass is 32.1. The highest BCUT2D eigenvalue weighted by molar-refractivity contribution is 7.10. The van der Waals surface area contributed by atoms with Gasteiger partial charge in [0.25, 0.3) is 0 Å². The van der Waals surface area contributed by atoms with Gasteiger partial charge in [-0.25, -0.2) is 4.39 Å². The van der Waals surface area contributed by atoms with Gasteiger partial charge in [0.15, 0.2) is 11.6 Å². The average molecular weight is 234 g/mol. The molecule has 0 aliphatic carbocycles. The van der Waals surface area contributed by atoms with Crippen LogP contribution in [0.15, 0.2) is 29.6 Å². The zero-order valence-corrected chi connectivity index (χ0v) is 9.59. The number of halogens is 1. The molecule has 1 aromatic heterocycles. The van der Waals surface area contributed by atoms with Crippen LogP contribution in [0, 0.1) is 12.7 Å². The highest BCUT2D eigenvalue weighted by Crippen LogP contribution is 2.23. The van der Waals surface area contributed by atoms with Crippen LogP contribution in [0.2, 0.25) is 0 Å². The van der Waals surface area contributed by atoms with Gasteiger partial charge in [-0.3, -0.25) is 0 Å². The summed E-state index contributed by atoms with van der Waals surface area (Å²) in [6.07, 6.45) is 3.76. The molecule has 0 unspecified atom stereocenters. The summed E-state index contributed by atoms with van der Waals surface area (Å²) in [5.41, 5.74) is 1.30. The Morgan fingerprint density at radius 1 is 1.31 bits per heavy atom. The number of benzene rings is 1. The van der Waals surface area contributed by atoms with Crippen molar-refractivity contribution in [2.45, 2.75) is 6.92 Å². The van der Waals surface area contributed by atoms with Gasteiger partial charge >= 0.3 is 0 Å². The second-order valence-corrected chi connectivity index (χ2v) is 4.50. The van der Waals surface area contributed by atoms with Crippen molar-refractivity contribution >= 4 is 23.5 Å². The molecule has 0 aliphatic rings. The van der Waals surface area contributed by atoms with E-state index in [2.05, 4.69) is 0 Å². The normalized spacial score (nSPS) is 11.1. The molecule has 16 heavy (non-hydrogen) atoms. The highest BCUT2D eigenvalue weighted by Gasteiger charge is 2.04. The van der Waals surface area contributed by atoms with Crippen LogP contribution in [0.25, 0.3) is 12.2 Å². The van der Waals surface area contributed by atoms with E-state index >= 15 is 0 Å². The zero-order chi connectivity index (χ0) is 11.5. The molecular weight excluding hydrogens is 223 g/mol. The van der Waals surface area contributed by atoms with Crippen LogP contribution in [0.4, 0.5) is 4.39 Å². The molecule has 2 aromatic rings. The minimum atomic E-state index is -0.578. The van der Waals surface area contributed by atoms with Gasteiger partial charge in [-0.05, 0) is 47.7 Å². The van der Waals surface area contributed by atoms with E-state index in [4.69, 9.17) is 0 Å². The minimum absolute atomic E-state index is 0.270. The maximum atomic E-state index is 13.2. The first kappa shape index (κ1) is 10.9. The van der Waals surface area contributed by atoms with Crippen molar-refractivity contribution < 1.29 is 9.50 Å². The lowest BCUT2D eigenvalue weighted by atomic mass is 10.1. The Bertz CT molecular complexity index is 492. The fourth-order valence-corrected chi connectivity index (χ4v) is 2.04. The van der Waals surface area contributed by atoms with Crippen LogP contribution in [0.3, 0.4) is 0 Å². The van der Waals surface area contributed by atoms with Crippen molar-refractivity contribution in [3.63, 3.8) is 0 Å². The van der Waals surface area contributed by atoms with Crippen molar-refractivity contribution in [1.82, 2.24) is 0 Å². The topological polar surface area (TPSA) is 20.2 Å². The molecule has 82 valence electrons. The van der Waals surface area contributed by atoms with Gasteiger partial charge in [0.05, 0.1) is 0 Å². The predicted octanol–water partition coefficient (Wildman–Crippen LogP) is 4.07. The Morgan fingerprint density at radius 3 is 2.75 bits per heavy atom. The summed E-state index contributed by atoms with van der Waals surface area (Å²) < 4.78 is 13.2. The molecule has 0 atom stereocenters. The van der Waals surface area contributed by atoms with E-state index in [9.17, 15) is 9.50 Å². The van der Waals surface area contributed by atoms with E-state index in [0.29, 0.717) is 5.56 Å². The van der Waals surface area contributed by atoms with Crippen LogP contribution in [-0.2, 0) is 0 Å². The first-order valence-corrected chi connectivity index (χ1v) is 5.75. The van der Waals surface area contributed by atoms with Gasteiger partial charge in [-0.15, -0.1) is 11.3 Å². The number of aromatic hydroxyl groups is 1. The molecule has 1 aromatic carbocycles. The second kappa shape index (κ2) is 4.49. The van der Waals surface area contributed by atoms with Gasteiger partial charge in [0, 0.05) is 4.88 Å². The third-order valence-electron chi connectivity index (χ3n) is 2.26. The van der Waals surface area contributed by atoms with E-state index in [-0.39, 0.29) is 5.75 Å². The van der Waals surface area contributed by atoms with Gasteiger partial charge in [0.2, 0.25) is 0 Å². The molecule has 1 heterocycles. The molecule has 0 bridgehead atoms. The Labute approximate surface area is 97.5 Å². The van der Waals surface area contributed by atoms with Gasteiger partial charge in [0.1, 0.15) is 0 Å². The Morgan fingerprint density at radius 2 is 2.12 bits per heavy atom. The van der Waals surface area contributed by atoms with Crippen molar-refractivity contribution in [2.75, 3.05) is 0 Å². The first-order valence-electron chi connectivity index (χ1n) is 4.87. The molecule has 3 heteroatoms. The van der Waals surface area contributed by atoms with Crippen LogP contribution >= 0.6 is 11.3 Å². The molecule has 2 rings (SSSR count). The standard InChI is InChI=1S/C13H11FOS/c1-9-7-10(8-12(14)13(9)15)4-5-11-3-2-6-16-11/h2-8,15H,1H3/b5-4+. The number of thiophene rings is 1. The zero-order valence-electron chi connectivity index (χ0n) is 8.77. The molecule has 0 spiro atoms. The average Bonchev–Trinajstić information content (AvgIpc) is 2.75. The van der Waals surface area contributed by atoms with E-state index in [1.807, 2.05) is 29.7 Å². The van der Waals surface area contributed by atoms with Crippen LogP contribution in [-0.4, -0.2) is 5.11 Å². The molecule has 1 N–H and O–H groups in total. The Kier molecular flexibility index (Phi) is 3.06. The summed E-state index contributed by atoms with van der Waals surface area (Å²) in [4.78, 5) is 1.12. The predicted molar refractivity (Wildman–Crippen MR) is 66.0 cm³/mol. The fourth-order valence-electron chi connectivity index (χ4n) is 1.42. The summed E-state index contributed by atoms with van der Waals surface area (Å²) in [6.45, 7) is 1.68. The Balaban J connectivity index is 2.29. The number of rotatable bonds is 2. The van der Waals surface area contributed by atoms with Crippen LogP contribution in [0.1, 0.15) is 16.0 Å². The number of aryl methyl sites for hydroxylation is 1. The van der Waals surface area contributed by atoms with Crippen molar-refractivity contribution in [1.29, 1.82) is 0 Å². The third-order valence-corrected chi connectivity index (χ3v) is 3.10. The number of hydrogen-bond donors (Lipinski definition) is 1. The molecule has 1 nitrogen and oxygen atoms in total. The van der Waals surface area contributed by atoms with Gasteiger partial charge in [-0.1, -0.05) is 12.1 Å². The molecule has 0 saturated carbocycles. The number of phenolic OH excluding ortho intramolecular Hbond substituents is 1. The van der Waals surface area contributed by atoms with E-state index in [1.54, 1.807) is 24.3 Å². The lowest BCUT2D eigenvalue weighted by Crippen LogP contribution is -1.83. The molecule has 0 aliphatic heterocycles. The molecule has 0 radical (unpaired) electrons. The van der Waals surface area contributed by atoms with Gasteiger partial charge in [-0.2, -0.15) is 0 Å². The summed E-state index contributed by atoms with van der Waals surface area (Å²) in [5, 5.41) is 11.3. The van der Waals surface area contributed by atoms with E-state index in [1.165, 1.54) is 6.07 Å². The second-order valence-electron chi connectivity index (χ2n) is 3.52. The van der Waals surface area contributed by atoms with Crippen molar-refractivity contribution in [3.8, 4) is 5.75 Å². The maximum Gasteiger partial charge on any atom is 0.165 e. The summed E-state index contributed by atoms with van der Waals surface area (Å²) in [5.74, 6) is -0.848. The largest absolute Gasteiger partial charge is 0.505 e. The monoisotopic (exact) mass is 234 g/mol. The lowest BCUT2D eigenvalue weighted by Gasteiger charge is -2.01. The molecule has 0 saturated heterocycles. The van der Waals surface area contributed by atoms with Crippen LogP contribution in [0.5, 0.6) is 5.75 Å². The quantitative estimate of drug-likeness (QED) is 0.830. The maximum absolute atomic E-state index is 13.2. The van der Waals surface area contributed by atoms with E-state index in [0.717, 1.165) is 10.4 Å². The van der Waals surface area contributed by atoms with E-state index < -0.39 is 5.82 Å². The summed E-state index contributed by atoms with van der Waals surface area (Å²) in [6, 6.07) is 7.03. The molecular formula is C13H11FOS. The van der Waals surface area contributed by atoms with Gasteiger partial charge < -0.3 is 5.11 Å². The van der Waals surface area contributed by atoms with Crippen molar-refractivity contribution in [3.05, 3.63) is 51.5 Å². The first-order chi connectivity index (χ1) is 7.66. The van der Waals surface area contributed by atoms with Crippen LogP contribution < -0.4 is 0 Å². The SMILES string of the molecule is Cc1cc(/C=C/c2cccs2)cc(F)c1O. The summed E-state index contributed by atoms with van der Waals surface area (Å²) >= 11 is 1.62. The number of phenols is 1. The number of hydrogen-bond acceptors (Lipinski definition) is 2. The Hall–Kier alpha value is -1.61. The summed E-state index contributed by atoms with van der Waals surface area (Å²) in [7, 11) is 0. The third kappa shape index (κ3) is 2.31.